The van der Waals surface area contributed by atoms with E-state index in [1.165, 1.54) is 0 Å². The van der Waals surface area contributed by atoms with E-state index >= 15 is 0 Å². The van der Waals surface area contributed by atoms with Gasteiger partial charge in [-0.3, -0.25) is 9.78 Å². The Bertz CT molecular complexity index is 644. The van der Waals surface area contributed by atoms with Crippen LogP contribution in [-0.2, 0) is 4.79 Å². The van der Waals surface area contributed by atoms with Gasteiger partial charge in [-0.25, -0.2) is 0 Å². The third-order valence-corrected chi connectivity index (χ3v) is 3.87. The van der Waals surface area contributed by atoms with Gasteiger partial charge in [-0.1, -0.05) is 23.7 Å². The zero-order valence-corrected chi connectivity index (χ0v) is 11.3. The lowest BCUT2D eigenvalue weighted by Gasteiger charge is -2.25. The fourth-order valence-corrected chi connectivity index (χ4v) is 2.77. The summed E-state index contributed by atoms with van der Waals surface area (Å²) >= 11 is 6.16. The van der Waals surface area contributed by atoms with Crippen LogP contribution >= 0.6 is 11.6 Å². The molecule has 1 N–H and O–H groups in total. The van der Waals surface area contributed by atoms with Crippen LogP contribution in [0.15, 0.2) is 30.5 Å². The lowest BCUT2D eigenvalue weighted by Crippen LogP contribution is -2.38. The molecule has 1 amide bonds. The summed E-state index contributed by atoms with van der Waals surface area (Å²) in [6.07, 6.45) is 2.55. The minimum Gasteiger partial charge on any atom is -0.362 e. The number of aromatic nitrogens is 1. The molecule has 0 bridgehead atoms. The highest BCUT2D eigenvalue weighted by Gasteiger charge is 2.28. The molecule has 3 rings (SSSR count). The van der Waals surface area contributed by atoms with Crippen LogP contribution in [0.3, 0.4) is 0 Å². The van der Waals surface area contributed by atoms with Crippen molar-refractivity contribution in [3.63, 3.8) is 0 Å². The molecular weight excluding hydrogens is 262 g/mol. The second-order valence-corrected chi connectivity index (χ2v) is 5.08. The largest absolute Gasteiger partial charge is 0.362 e. The SMILES string of the molecule is CN(c1ccnc2c(Cl)cccc12)C1CCNC1=O. The van der Waals surface area contributed by atoms with Crippen LogP contribution in [0.25, 0.3) is 10.9 Å². The van der Waals surface area contributed by atoms with Crippen LogP contribution in [0.2, 0.25) is 5.02 Å². The van der Waals surface area contributed by atoms with Crippen LogP contribution < -0.4 is 10.2 Å². The van der Waals surface area contributed by atoms with Crippen molar-refractivity contribution in [3.8, 4) is 0 Å². The van der Waals surface area contributed by atoms with Gasteiger partial charge >= 0.3 is 0 Å². The monoisotopic (exact) mass is 275 g/mol. The van der Waals surface area contributed by atoms with E-state index in [1.807, 2.05) is 36.2 Å². The number of anilines is 1. The highest BCUT2D eigenvalue weighted by molar-refractivity contribution is 6.35. The first-order valence-electron chi connectivity index (χ1n) is 6.22. The first kappa shape index (κ1) is 12.2. The fourth-order valence-electron chi connectivity index (χ4n) is 2.55. The van der Waals surface area contributed by atoms with Crippen molar-refractivity contribution >= 4 is 34.1 Å². The van der Waals surface area contributed by atoms with E-state index in [0.29, 0.717) is 5.02 Å². The fraction of sp³-hybridized carbons (Fsp3) is 0.286. The van der Waals surface area contributed by atoms with Crippen LogP contribution in [0.5, 0.6) is 0 Å². The van der Waals surface area contributed by atoms with E-state index in [-0.39, 0.29) is 11.9 Å². The van der Waals surface area contributed by atoms with Crippen molar-refractivity contribution < 1.29 is 4.79 Å². The van der Waals surface area contributed by atoms with Crippen molar-refractivity contribution in [2.45, 2.75) is 12.5 Å². The summed E-state index contributed by atoms with van der Waals surface area (Å²) in [6, 6.07) is 7.50. The topological polar surface area (TPSA) is 45.2 Å². The Balaban J connectivity index is 2.10. The molecule has 0 aliphatic carbocycles. The van der Waals surface area contributed by atoms with E-state index in [1.54, 1.807) is 6.20 Å². The number of benzene rings is 1. The maximum atomic E-state index is 11.8. The van der Waals surface area contributed by atoms with Crippen molar-refractivity contribution in [1.82, 2.24) is 10.3 Å². The molecule has 2 heterocycles. The minimum absolute atomic E-state index is 0.0782. The molecular formula is C14H14ClN3O. The molecule has 98 valence electrons. The third kappa shape index (κ3) is 2.02. The normalized spacial score (nSPS) is 18.6. The average Bonchev–Trinajstić information content (AvgIpc) is 2.84. The maximum Gasteiger partial charge on any atom is 0.242 e. The molecule has 0 spiro atoms. The Hall–Kier alpha value is -1.81. The molecule has 2 aromatic rings. The van der Waals surface area contributed by atoms with Gasteiger partial charge in [0.25, 0.3) is 0 Å². The first-order valence-corrected chi connectivity index (χ1v) is 6.60. The summed E-state index contributed by atoms with van der Waals surface area (Å²) in [7, 11) is 1.94. The van der Waals surface area contributed by atoms with Gasteiger partial charge in [0.15, 0.2) is 0 Å². The zero-order valence-electron chi connectivity index (χ0n) is 10.6. The number of hydrogen-bond acceptors (Lipinski definition) is 3. The van der Waals surface area contributed by atoms with Gasteiger partial charge in [0.2, 0.25) is 5.91 Å². The first-order chi connectivity index (χ1) is 9.18. The van der Waals surface area contributed by atoms with E-state index in [9.17, 15) is 4.79 Å². The number of amides is 1. The predicted molar refractivity (Wildman–Crippen MR) is 76.6 cm³/mol. The highest BCUT2D eigenvalue weighted by atomic mass is 35.5. The van der Waals surface area contributed by atoms with Crippen LogP contribution in [-0.4, -0.2) is 30.5 Å². The number of carbonyl (C=O) groups is 1. The Morgan fingerprint density at radius 1 is 1.42 bits per heavy atom. The summed E-state index contributed by atoms with van der Waals surface area (Å²) in [5, 5.41) is 4.46. The predicted octanol–water partition coefficient (Wildman–Crippen LogP) is 2.21. The molecule has 5 heteroatoms. The number of pyridine rings is 1. The molecule has 1 aliphatic rings. The third-order valence-electron chi connectivity index (χ3n) is 3.57. The molecule has 1 unspecified atom stereocenters. The Labute approximate surface area is 116 Å². The average molecular weight is 276 g/mol. The van der Waals surface area contributed by atoms with Crippen LogP contribution in [0.4, 0.5) is 5.69 Å². The Morgan fingerprint density at radius 2 is 2.26 bits per heavy atom. The second-order valence-electron chi connectivity index (χ2n) is 4.67. The highest BCUT2D eigenvalue weighted by Crippen LogP contribution is 2.30. The van der Waals surface area contributed by atoms with Gasteiger partial charge in [0.05, 0.1) is 10.5 Å². The summed E-state index contributed by atoms with van der Waals surface area (Å²) in [5.74, 6) is 0.0782. The molecule has 1 aliphatic heterocycles. The lowest BCUT2D eigenvalue weighted by molar-refractivity contribution is -0.120. The number of carbonyl (C=O) groups excluding carboxylic acids is 1. The van der Waals surface area contributed by atoms with Gasteiger partial charge in [0, 0.05) is 30.9 Å². The summed E-state index contributed by atoms with van der Waals surface area (Å²) in [6.45, 7) is 0.734. The minimum atomic E-state index is -0.121. The molecule has 1 aromatic carbocycles. The van der Waals surface area contributed by atoms with Gasteiger partial charge in [-0.05, 0) is 18.6 Å². The summed E-state index contributed by atoms with van der Waals surface area (Å²) in [4.78, 5) is 18.1. The van der Waals surface area contributed by atoms with Crippen molar-refractivity contribution in [1.29, 1.82) is 0 Å². The summed E-state index contributed by atoms with van der Waals surface area (Å²) in [5.41, 5.74) is 1.75. The van der Waals surface area contributed by atoms with Gasteiger partial charge in [0.1, 0.15) is 6.04 Å². The molecule has 0 saturated carbocycles. The van der Waals surface area contributed by atoms with Crippen LogP contribution in [0, 0.1) is 0 Å². The zero-order chi connectivity index (χ0) is 13.4. The van der Waals surface area contributed by atoms with E-state index in [2.05, 4.69) is 10.3 Å². The number of para-hydroxylation sites is 1. The number of halogens is 1. The number of rotatable bonds is 2. The number of nitrogens with one attached hydrogen (secondary N) is 1. The summed E-state index contributed by atoms with van der Waals surface area (Å²) < 4.78 is 0. The Morgan fingerprint density at radius 3 is 3.00 bits per heavy atom. The molecule has 19 heavy (non-hydrogen) atoms. The quantitative estimate of drug-likeness (QED) is 0.914. The van der Waals surface area contributed by atoms with Crippen molar-refractivity contribution in [2.75, 3.05) is 18.5 Å². The van der Waals surface area contributed by atoms with E-state index in [0.717, 1.165) is 29.6 Å². The van der Waals surface area contributed by atoms with E-state index < -0.39 is 0 Å². The number of fused-ring (bicyclic) bond motifs is 1. The smallest absolute Gasteiger partial charge is 0.242 e. The lowest BCUT2D eigenvalue weighted by atomic mass is 10.1. The molecule has 1 atom stereocenters. The second kappa shape index (κ2) is 4.70. The number of likely N-dealkylation sites (N-methyl/N-ethyl adjacent to an activating group) is 1. The van der Waals surface area contributed by atoms with Crippen molar-refractivity contribution in [2.24, 2.45) is 0 Å². The Kier molecular flexibility index (Phi) is 3.03. The molecule has 1 saturated heterocycles. The molecule has 1 fully saturated rings. The van der Waals surface area contributed by atoms with Crippen molar-refractivity contribution in [3.05, 3.63) is 35.5 Å². The van der Waals surface area contributed by atoms with Gasteiger partial charge in [-0.15, -0.1) is 0 Å². The van der Waals surface area contributed by atoms with Gasteiger partial charge < -0.3 is 10.2 Å². The molecule has 0 radical (unpaired) electrons. The molecule has 1 aromatic heterocycles. The number of hydrogen-bond donors (Lipinski definition) is 1. The van der Waals surface area contributed by atoms with Crippen LogP contribution in [0.1, 0.15) is 6.42 Å². The number of nitrogens with zero attached hydrogens (tertiary/aromatic N) is 2. The standard InChI is InChI=1S/C14H14ClN3O/c1-18(12-6-8-17-14(12)19)11-5-7-16-13-9(11)3-2-4-10(13)15/h2-5,7,12H,6,8H2,1H3,(H,17,19). The maximum absolute atomic E-state index is 11.8. The van der Waals surface area contributed by atoms with E-state index in [4.69, 9.17) is 11.6 Å². The van der Waals surface area contributed by atoms with Gasteiger partial charge in [-0.2, -0.15) is 0 Å². The molecule has 4 nitrogen and oxygen atoms in total.